The quantitative estimate of drug-likeness (QED) is 0.434. The molecule has 12 nitrogen and oxygen atoms in total. The lowest BCUT2D eigenvalue weighted by molar-refractivity contribution is -0.127. The number of carbonyl (C=O) groups excluding carboxylic acids is 2. The van der Waals surface area contributed by atoms with E-state index in [-0.39, 0.29) is 25.0 Å². The first-order valence-electron chi connectivity index (χ1n) is 12.1. The van der Waals surface area contributed by atoms with Crippen LogP contribution in [0.2, 0.25) is 0 Å². The molecule has 1 fully saturated rings. The van der Waals surface area contributed by atoms with Gasteiger partial charge in [-0.3, -0.25) is 14.4 Å². The van der Waals surface area contributed by atoms with E-state index in [0.717, 1.165) is 16.8 Å². The minimum Gasteiger partial charge on any atom is -0.444 e. The Morgan fingerprint density at radius 3 is 2.69 bits per heavy atom. The average Bonchev–Trinajstić information content (AvgIpc) is 3.44. The van der Waals surface area contributed by atoms with Crippen molar-refractivity contribution in [2.24, 2.45) is 7.05 Å². The highest BCUT2D eigenvalue weighted by Crippen LogP contribution is 2.33. The van der Waals surface area contributed by atoms with Crippen molar-refractivity contribution in [2.75, 3.05) is 25.4 Å². The second-order valence-corrected chi connectivity index (χ2v) is 10.1. The van der Waals surface area contributed by atoms with Gasteiger partial charge in [-0.25, -0.2) is 9.78 Å². The fraction of sp³-hybridized carbons (Fsp3) is 0.542. The molecule has 36 heavy (non-hydrogen) atoms. The summed E-state index contributed by atoms with van der Waals surface area (Å²) in [6.07, 6.45) is 6.30. The molecule has 2 amide bonds. The van der Waals surface area contributed by atoms with E-state index >= 15 is 0 Å². The van der Waals surface area contributed by atoms with Crippen LogP contribution in [0.25, 0.3) is 16.8 Å². The Morgan fingerprint density at radius 2 is 2.03 bits per heavy atom. The summed E-state index contributed by atoms with van der Waals surface area (Å²) in [5.41, 5.74) is 8.62. The Balaban J connectivity index is 1.63. The third kappa shape index (κ3) is 5.43. The first-order valence-corrected chi connectivity index (χ1v) is 12.1. The molecule has 0 unspecified atom stereocenters. The van der Waals surface area contributed by atoms with Crippen molar-refractivity contribution < 1.29 is 19.4 Å². The van der Waals surface area contributed by atoms with Gasteiger partial charge in [0.05, 0.1) is 18.1 Å². The summed E-state index contributed by atoms with van der Waals surface area (Å²) in [5, 5.41) is 20.5. The number of amides is 2. The van der Waals surface area contributed by atoms with Crippen LogP contribution >= 0.6 is 0 Å². The van der Waals surface area contributed by atoms with E-state index < -0.39 is 17.7 Å². The number of nitrogens with one attached hydrogen (secondary N) is 1. The Kier molecular flexibility index (Phi) is 7.16. The minimum absolute atomic E-state index is 0.0198. The molecule has 3 aromatic rings. The number of nitrogen functional groups attached to an aromatic ring is 1. The first-order chi connectivity index (χ1) is 17.1. The number of ether oxygens (including phenoxy) is 1. The predicted molar refractivity (Wildman–Crippen MR) is 133 cm³/mol. The van der Waals surface area contributed by atoms with Crippen LogP contribution in [0.5, 0.6) is 0 Å². The van der Waals surface area contributed by atoms with Crippen LogP contribution < -0.4 is 11.1 Å². The minimum atomic E-state index is -0.709. The maximum atomic E-state index is 13.1. The highest BCUT2D eigenvalue weighted by Gasteiger charge is 2.39. The number of hydrogen-bond acceptors (Lipinski definition) is 8. The lowest BCUT2D eigenvalue weighted by Gasteiger charge is -2.39. The highest BCUT2D eigenvalue weighted by atomic mass is 16.6. The van der Waals surface area contributed by atoms with Gasteiger partial charge >= 0.3 is 6.09 Å². The highest BCUT2D eigenvalue weighted by molar-refractivity contribution is 5.86. The molecule has 0 radical (unpaired) electrons. The van der Waals surface area contributed by atoms with E-state index in [1.165, 1.54) is 4.90 Å². The number of nitrogens with two attached hydrogens (primary N) is 1. The second-order valence-electron chi connectivity index (χ2n) is 10.1. The number of aromatic nitrogens is 5. The normalized spacial score (nSPS) is 18.4. The van der Waals surface area contributed by atoms with Crippen LogP contribution in [0.15, 0.2) is 24.7 Å². The van der Waals surface area contributed by atoms with Crippen LogP contribution in [0.4, 0.5) is 10.6 Å². The summed E-state index contributed by atoms with van der Waals surface area (Å²) in [6, 6.07) is 1.10. The number of aryl methyl sites for hydroxylation is 1. The van der Waals surface area contributed by atoms with Crippen LogP contribution in [0.3, 0.4) is 0 Å². The average molecular weight is 499 g/mol. The summed E-state index contributed by atoms with van der Waals surface area (Å²) in [6.45, 7) is 5.94. The van der Waals surface area contributed by atoms with Crippen molar-refractivity contribution in [3.05, 3.63) is 30.4 Å². The Morgan fingerprint density at radius 1 is 1.25 bits per heavy atom. The van der Waals surface area contributed by atoms with Gasteiger partial charge in [-0.15, -0.1) is 0 Å². The van der Waals surface area contributed by atoms with Gasteiger partial charge in [0, 0.05) is 56.1 Å². The number of aliphatic hydroxyl groups is 1. The van der Waals surface area contributed by atoms with Crippen LogP contribution in [0, 0.1) is 0 Å². The van der Waals surface area contributed by atoms with Crippen LogP contribution in [-0.2, 0) is 16.6 Å². The molecular formula is C24H34N8O4. The van der Waals surface area contributed by atoms with Gasteiger partial charge in [-0.1, -0.05) is 0 Å². The Bertz CT molecular complexity index is 1240. The third-order valence-corrected chi connectivity index (χ3v) is 6.10. The predicted octanol–water partition coefficient (Wildman–Crippen LogP) is 1.69. The molecule has 4 heterocycles. The Hall–Kier alpha value is -3.67. The van der Waals surface area contributed by atoms with E-state index in [2.05, 4.69) is 15.5 Å². The molecule has 4 N–H and O–H groups in total. The molecule has 0 spiro atoms. The molecule has 0 aliphatic carbocycles. The zero-order valence-electron chi connectivity index (χ0n) is 21.1. The van der Waals surface area contributed by atoms with Gasteiger partial charge in [-0.05, 0) is 40.0 Å². The fourth-order valence-electron chi connectivity index (χ4n) is 4.39. The van der Waals surface area contributed by atoms with Crippen LogP contribution in [-0.4, -0.2) is 77.7 Å². The molecule has 3 aromatic heterocycles. The van der Waals surface area contributed by atoms with Crippen molar-refractivity contribution in [2.45, 2.75) is 57.6 Å². The largest absolute Gasteiger partial charge is 0.444 e. The van der Waals surface area contributed by atoms with E-state index in [1.54, 1.807) is 48.4 Å². The van der Waals surface area contributed by atoms with Gasteiger partial charge in [0.1, 0.15) is 17.5 Å². The number of nitrogens with zero attached hydrogens (tertiary/aromatic N) is 6. The van der Waals surface area contributed by atoms with E-state index in [1.807, 2.05) is 13.2 Å². The molecule has 194 valence electrons. The zero-order valence-corrected chi connectivity index (χ0v) is 21.1. The van der Waals surface area contributed by atoms with E-state index in [0.29, 0.717) is 37.3 Å². The summed E-state index contributed by atoms with van der Waals surface area (Å²) < 4.78 is 8.91. The third-order valence-electron chi connectivity index (χ3n) is 6.10. The van der Waals surface area contributed by atoms with Gasteiger partial charge in [-0.2, -0.15) is 14.7 Å². The van der Waals surface area contributed by atoms with Crippen molar-refractivity contribution in [1.29, 1.82) is 0 Å². The van der Waals surface area contributed by atoms with Crippen molar-refractivity contribution in [3.8, 4) is 11.1 Å². The van der Waals surface area contributed by atoms with Gasteiger partial charge in [0.25, 0.3) is 0 Å². The van der Waals surface area contributed by atoms with E-state index in [4.69, 9.17) is 20.6 Å². The number of likely N-dealkylation sites (tertiary alicyclic amines) is 1. The molecule has 0 aromatic carbocycles. The van der Waals surface area contributed by atoms with Gasteiger partial charge in [0.2, 0.25) is 5.91 Å². The summed E-state index contributed by atoms with van der Waals surface area (Å²) >= 11 is 0. The molecule has 0 bridgehead atoms. The molecular weight excluding hydrogens is 464 g/mol. The monoisotopic (exact) mass is 498 g/mol. The molecule has 1 saturated heterocycles. The number of carbonyl (C=O) groups is 2. The molecule has 12 heteroatoms. The fourth-order valence-corrected chi connectivity index (χ4v) is 4.39. The number of hydrogen-bond donors (Lipinski definition) is 3. The molecule has 4 rings (SSSR count). The topological polar surface area (TPSA) is 153 Å². The number of rotatable bonds is 6. The van der Waals surface area contributed by atoms with E-state index in [9.17, 15) is 9.59 Å². The SMILES string of the molecule is Cn1cc(-c2cnn3c(N)cc([C@H]4CC[C@@H](C(=O)NCCCO)N(C(=O)OC(C)(C)C)C4)nc23)cn1. The number of piperidine rings is 1. The maximum Gasteiger partial charge on any atom is 0.410 e. The van der Waals surface area contributed by atoms with Crippen molar-refractivity contribution in [1.82, 2.24) is 34.6 Å². The first kappa shape index (κ1) is 25.4. The van der Waals surface area contributed by atoms with Gasteiger partial charge in [0.15, 0.2) is 5.65 Å². The van der Waals surface area contributed by atoms with Gasteiger partial charge < -0.3 is 20.9 Å². The molecule has 1 aliphatic heterocycles. The summed E-state index contributed by atoms with van der Waals surface area (Å²) in [4.78, 5) is 32.4. The Labute approximate surface area is 209 Å². The number of fused-ring (bicyclic) bond motifs is 1. The molecule has 2 atom stereocenters. The standard InChI is InChI=1S/C24H34N8O4/c1-24(2,3)36-23(35)31-14-15(6-7-19(31)22(34)26-8-5-9-33)18-10-20(25)32-21(29-18)17(12-28-32)16-11-27-30(4)13-16/h10-13,15,19,33H,5-9,14,25H2,1-4H3,(H,26,34)/t15-,19-/m0/s1. The lowest BCUT2D eigenvalue weighted by Crippen LogP contribution is -2.54. The molecule has 0 saturated carbocycles. The molecule has 1 aliphatic rings. The zero-order chi connectivity index (χ0) is 26.0. The van der Waals surface area contributed by atoms with Crippen LogP contribution in [0.1, 0.15) is 51.6 Å². The number of anilines is 1. The second kappa shape index (κ2) is 10.1. The number of aliphatic hydroxyl groups excluding tert-OH is 1. The maximum absolute atomic E-state index is 13.1. The lowest BCUT2D eigenvalue weighted by atomic mass is 9.89. The smallest absolute Gasteiger partial charge is 0.410 e. The summed E-state index contributed by atoms with van der Waals surface area (Å²) in [7, 11) is 1.84. The van der Waals surface area contributed by atoms with Crippen molar-refractivity contribution >= 4 is 23.5 Å². The summed E-state index contributed by atoms with van der Waals surface area (Å²) in [5.74, 6) is 0.0196. The van der Waals surface area contributed by atoms with Crippen molar-refractivity contribution in [3.63, 3.8) is 0 Å².